The van der Waals surface area contributed by atoms with E-state index in [0.717, 1.165) is 18.4 Å². The van der Waals surface area contributed by atoms with E-state index in [9.17, 15) is 14.7 Å². The van der Waals surface area contributed by atoms with Gasteiger partial charge in [-0.05, 0) is 66.4 Å². The number of amides is 1. The molecule has 0 bridgehead atoms. The minimum absolute atomic E-state index is 0.00247. The molecule has 0 aromatic heterocycles. The summed E-state index contributed by atoms with van der Waals surface area (Å²) < 4.78 is 21.7. The summed E-state index contributed by atoms with van der Waals surface area (Å²) in [6.45, 7) is 0.912. The highest BCUT2D eigenvalue weighted by molar-refractivity contribution is 5.95. The number of nitrogens with zero attached hydrogens (tertiary/aromatic N) is 1. The number of carboxylic acids is 1. The van der Waals surface area contributed by atoms with E-state index in [4.69, 9.17) is 18.9 Å². The fraction of sp³-hybridized carbons (Fsp3) is 0.212. The molecule has 0 spiro atoms. The Hall–Kier alpha value is -4.98. The van der Waals surface area contributed by atoms with E-state index in [0.29, 0.717) is 41.7 Å². The Morgan fingerprint density at radius 2 is 1.34 bits per heavy atom. The van der Waals surface area contributed by atoms with Gasteiger partial charge in [-0.1, -0.05) is 42.5 Å². The van der Waals surface area contributed by atoms with Gasteiger partial charge in [-0.15, -0.1) is 0 Å². The summed E-state index contributed by atoms with van der Waals surface area (Å²) in [4.78, 5) is 27.2. The summed E-state index contributed by atoms with van der Waals surface area (Å²) in [6, 6.07) is 27.2. The Morgan fingerprint density at radius 3 is 1.95 bits per heavy atom. The second-order valence-corrected chi connectivity index (χ2v) is 9.33. The van der Waals surface area contributed by atoms with Crippen molar-refractivity contribution in [2.75, 3.05) is 27.9 Å². The number of carbonyl (C=O) groups excluding carboxylic acids is 1. The molecule has 1 amide bonds. The van der Waals surface area contributed by atoms with E-state index < -0.39 is 5.97 Å². The molecule has 0 saturated heterocycles. The van der Waals surface area contributed by atoms with Gasteiger partial charge in [0, 0.05) is 24.7 Å². The molecule has 0 saturated carbocycles. The van der Waals surface area contributed by atoms with Crippen molar-refractivity contribution < 1.29 is 33.6 Å². The molecule has 8 nitrogen and oxygen atoms in total. The van der Waals surface area contributed by atoms with Crippen molar-refractivity contribution in [3.05, 3.63) is 113 Å². The van der Waals surface area contributed by atoms with Gasteiger partial charge in [-0.2, -0.15) is 0 Å². The third-order valence-corrected chi connectivity index (χ3v) is 6.56. The lowest BCUT2D eigenvalue weighted by molar-refractivity contribution is 0.0692. The fourth-order valence-corrected chi connectivity index (χ4v) is 4.39. The van der Waals surface area contributed by atoms with Gasteiger partial charge in [0.2, 0.25) is 0 Å². The van der Waals surface area contributed by atoms with Crippen molar-refractivity contribution in [2.45, 2.75) is 19.4 Å². The average Bonchev–Trinajstić information content (AvgIpc) is 3.01. The number of benzene rings is 4. The van der Waals surface area contributed by atoms with Crippen LogP contribution in [0.15, 0.2) is 91.0 Å². The maximum atomic E-state index is 13.7. The highest BCUT2D eigenvalue weighted by Gasteiger charge is 2.19. The quantitative estimate of drug-likeness (QED) is 0.202. The average molecular weight is 556 g/mol. The molecule has 8 heteroatoms. The van der Waals surface area contributed by atoms with Gasteiger partial charge in [0.15, 0.2) is 0 Å². The number of hydrogen-bond donors (Lipinski definition) is 1. The second kappa shape index (κ2) is 13.9. The molecule has 0 aliphatic rings. The van der Waals surface area contributed by atoms with Gasteiger partial charge in [-0.3, -0.25) is 4.79 Å². The van der Waals surface area contributed by atoms with Crippen molar-refractivity contribution in [3.8, 4) is 28.7 Å². The molecule has 4 aromatic carbocycles. The van der Waals surface area contributed by atoms with E-state index in [1.54, 1.807) is 61.6 Å². The molecule has 0 radical (unpaired) electrons. The minimum Gasteiger partial charge on any atom is -0.497 e. The highest BCUT2D eigenvalue weighted by Crippen LogP contribution is 2.30. The molecule has 1 N–H and O–H groups in total. The van der Waals surface area contributed by atoms with Gasteiger partial charge in [-0.25, -0.2) is 4.79 Å². The van der Waals surface area contributed by atoms with Crippen LogP contribution in [0.25, 0.3) is 0 Å². The Labute approximate surface area is 239 Å². The Bertz CT molecular complexity index is 1450. The van der Waals surface area contributed by atoms with Crippen LogP contribution >= 0.6 is 0 Å². The van der Waals surface area contributed by atoms with E-state index in [1.165, 1.54) is 18.7 Å². The zero-order valence-corrected chi connectivity index (χ0v) is 23.3. The van der Waals surface area contributed by atoms with Crippen LogP contribution in [0.1, 0.15) is 38.3 Å². The first kappa shape index (κ1) is 29.0. The molecule has 0 aliphatic carbocycles. The third-order valence-electron chi connectivity index (χ3n) is 6.56. The molecule has 0 atom stereocenters. The molecule has 0 unspecified atom stereocenters. The second-order valence-electron chi connectivity index (χ2n) is 9.33. The monoisotopic (exact) mass is 555 g/mol. The van der Waals surface area contributed by atoms with Gasteiger partial charge >= 0.3 is 5.97 Å². The van der Waals surface area contributed by atoms with Crippen LogP contribution in [-0.2, 0) is 13.0 Å². The maximum absolute atomic E-state index is 13.7. The van der Waals surface area contributed by atoms with E-state index in [-0.39, 0.29) is 17.2 Å². The first-order chi connectivity index (χ1) is 19.9. The standard InChI is InChI=1S/C33H33NO7/c1-38-27-15-16-31(30(21-27)33(36)37)41-26-13-11-24(12-14-26)22-34(17-7-10-23-8-5-4-6-9-23)32(35)25-18-28(39-2)20-29(19-25)40-3/h4-6,8-9,11-16,18-21H,7,10,17,22H2,1-3H3,(H,36,37). The van der Waals surface area contributed by atoms with Crippen LogP contribution in [0.3, 0.4) is 0 Å². The summed E-state index contributed by atoms with van der Waals surface area (Å²) in [6.07, 6.45) is 1.63. The van der Waals surface area contributed by atoms with Crippen molar-refractivity contribution in [3.63, 3.8) is 0 Å². The summed E-state index contributed by atoms with van der Waals surface area (Å²) in [5, 5.41) is 9.57. The number of ether oxygens (including phenoxy) is 4. The Kier molecular flexibility index (Phi) is 9.83. The molecular formula is C33H33NO7. The molecule has 4 aromatic rings. The fourth-order valence-electron chi connectivity index (χ4n) is 4.39. The molecule has 0 fully saturated rings. The van der Waals surface area contributed by atoms with Crippen LogP contribution < -0.4 is 18.9 Å². The van der Waals surface area contributed by atoms with Crippen LogP contribution in [-0.4, -0.2) is 49.8 Å². The lowest BCUT2D eigenvalue weighted by atomic mass is 10.1. The van der Waals surface area contributed by atoms with Crippen molar-refractivity contribution >= 4 is 11.9 Å². The van der Waals surface area contributed by atoms with Crippen LogP contribution in [0.4, 0.5) is 0 Å². The van der Waals surface area contributed by atoms with E-state index in [1.807, 2.05) is 30.3 Å². The molecule has 4 rings (SSSR count). The number of rotatable bonds is 13. The lowest BCUT2D eigenvalue weighted by Gasteiger charge is -2.24. The first-order valence-corrected chi connectivity index (χ1v) is 13.1. The van der Waals surface area contributed by atoms with Gasteiger partial charge < -0.3 is 29.0 Å². The molecule has 0 aliphatic heterocycles. The highest BCUT2D eigenvalue weighted by atomic mass is 16.5. The summed E-state index contributed by atoms with van der Waals surface area (Å²) in [5.74, 6) is 0.928. The topological polar surface area (TPSA) is 94.5 Å². The number of methoxy groups -OCH3 is 3. The zero-order chi connectivity index (χ0) is 29.2. The Balaban J connectivity index is 1.53. The molecule has 41 heavy (non-hydrogen) atoms. The number of aromatic carboxylic acids is 1. The molecule has 0 heterocycles. The van der Waals surface area contributed by atoms with Crippen LogP contribution in [0, 0.1) is 0 Å². The van der Waals surface area contributed by atoms with Gasteiger partial charge in [0.05, 0.1) is 21.3 Å². The molecular weight excluding hydrogens is 522 g/mol. The van der Waals surface area contributed by atoms with Gasteiger partial charge in [0.25, 0.3) is 5.91 Å². The minimum atomic E-state index is -1.12. The predicted octanol–water partition coefficient (Wildman–Crippen LogP) is 6.48. The largest absolute Gasteiger partial charge is 0.497 e. The van der Waals surface area contributed by atoms with Crippen LogP contribution in [0.2, 0.25) is 0 Å². The maximum Gasteiger partial charge on any atom is 0.339 e. The number of carboxylic acid groups (broad SMARTS) is 1. The van der Waals surface area contributed by atoms with Crippen molar-refractivity contribution in [1.29, 1.82) is 0 Å². The Morgan fingerprint density at radius 1 is 0.707 bits per heavy atom. The normalized spacial score (nSPS) is 10.5. The predicted molar refractivity (Wildman–Crippen MR) is 156 cm³/mol. The number of carbonyl (C=O) groups is 2. The van der Waals surface area contributed by atoms with E-state index in [2.05, 4.69) is 12.1 Å². The number of aryl methyl sites for hydroxylation is 1. The summed E-state index contributed by atoms with van der Waals surface area (Å²) in [7, 11) is 4.58. The molecule has 212 valence electrons. The van der Waals surface area contributed by atoms with Crippen molar-refractivity contribution in [2.24, 2.45) is 0 Å². The van der Waals surface area contributed by atoms with Crippen molar-refractivity contribution in [1.82, 2.24) is 4.90 Å². The summed E-state index contributed by atoms with van der Waals surface area (Å²) >= 11 is 0. The lowest BCUT2D eigenvalue weighted by Crippen LogP contribution is -2.32. The van der Waals surface area contributed by atoms with Crippen LogP contribution in [0.5, 0.6) is 28.7 Å². The third kappa shape index (κ3) is 7.79. The first-order valence-electron chi connectivity index (χ1n) is 13.1. The smallest absolute Gasteiger partial charge is 0.339 e. The summed E-state index contributed by atoms with van der Waals surface area (Å²) in [5.41, 5.74) is 2.58. The SMILES string of the molecule is COc1cc(OC)cc(C(=O)N(CCCc2ccccc2)Cc2ccc(Oc3ccc(OC)cc3C(=O)O)cc2)c1. The number of hydrogen-bond acceptors (Lipinski definition) is 6. The van der Waals surface area contributed by atoms with E-state index >= 15 is 0 Å². The van der Waals surface area contributed by atoms with Gasteiger partial charge in [0.1, 0.15) is 34.3 Å². The zero-order valence-electron chi connectivity index (χ0n) is 23.3.